The number of rotatable bonds is 4. The fourth-order valence-electron chi connectivity index (χ4n) is 3.17. The first-order valence-corrected chi connectivity index (χ1v) is 9.68. The zero-order valence-electron chi connectivity index (χ0n) is 13.0. The van der Waals surface area contributed by atoms with Crippen LogP contribution in [0.5, 0.6) is 0 Å². The maximum Gasteiger partial charge on any atom is 0.246 e. The lowest BCUT2D eigenvalue weighted by atomic mass is 10.1. The van der Waals surface area contributed by atoms with Crippen molar-refractivity contribution in [2.24, 2.45) is 0 Å². The van der Waals surface area contributed by atoms with E-state index in [4.69, 9.17) is 11.6 Å². The normalized spacial score (nSPS) is 16.7. The summed E-state index contributed by atoms with van der Waals surface area (Å²) in [4.78, 5) is 13.0. The molecule has 0 atom stereocenters. The van der Waals surface area contributed by atoms with E-state index in [2.05, 4.69) is 5.32 Å². The molecule has 2 aromatic rings. The molecule has 1 N–H and O–H groups in total. The number of hydrogen-bond donors (Lipinski definition) is 1. The number of carbonyl (C=O) groups excluding carboxylic acids is 1. The Morgan fingerprint density at radius 1 is 0.958 bits per heavy atom. The van der Waals surface area contributed by atoms with Crippen LogP contribution in [0.25, 0.3) is 0 Å². The molecule has 0 saturated heterocycles. The molecule has 0 spiro atoms. The van der Waals surface area contributed by atoms with Gasteiger partial charge in [-0.3, -0.25) is 4.79 Å². The zero-order chi connectivity index (χ0) is 17.2. The molecule has 126 valence electrons. The van der Waals surface area contributed by atoms with E-state index in [-0.39, 0.29) is 4.90 Å². The topological polar surface area (TPSA) is 63.2 Å². The predicted molar refractivity (Wildman–Crippen MR) is 94.9 cm³/mol. The second-order valence-electron chi connectivity index (χ2n) is 5.98. The Balaban J connectivity index is 1.98. The molecule has 3 rings (SSSR count). The molecule has 1 saturated carbocycles. The molecule has 0 aromatic heterocycles. The van der Waals surface area contributed by atoms with Crippen LogP contribution >= 0.6 is 11.6 Å². The number of amides is 1. The average molecular weight is 364 g/mol. The van der Waals surface area contributed by atoms with Gasteiger partial charge in [-0.1, -0.05) is 42.6 Å². The van der Waals surface area contributed by atoms with Crippen molar-refractivity contribution in [1.29, 1.82) is 0 Å². The van der Waals surface area contributed by atoms with Crippen LogP contribution in [-0.4, -0.2) is 19.1 Å². The quantitative estimate of drug-likeness (QED) is 0.890. The summed E-state index contributed by atoms with van der Waals surface area (Å²) in [6.45, 7) is 0. The van der Waals surface area contributed by atoms with Crippen LogP contribution in [0.15, 0.2) is 59.5 Å². The summed E-state index contributed by atoms with van der Waals surface area (Å²) in [5.74, 6) is -0.457. The molecule has 1 fully saturated rings. The number of benzene rings is 2. The minimum atomic E-state index is -3.81. The second-order valence-corrected chi connectivity index (χ2v) is 8.68. The van der Waals surface area contributed by atoms with E-state index in [1.54, 1.807) is 24.3 Å². The third-order valence-electron chi connectivity index (χ3n) is 4.50. The van der Waals surface area contributed by atoms with Gasteiger partial charge in [0.15, 0.2) is 14.6 Å². The number of sulfone groups is 1. The minimum absolute atomic E-state index is 0.136. The molecule has 1 amide bonds. The van der Waals surface area contributed by atoms with Crippen LogP contribution in [0, 0.1) is 0 Å². The third-order valence-corrected chi connectivity index (χ3v) is 7.26. The number of hydrogen-bond acceptors (Lipinski definition) is 3. The molecule has 2 aromatic carbocycles. The van der Waals surface area contributed by atoms with Crippen molar-refractivity contribution in [3.05, 3.63) is 59.6 Å². The Bertz CT molecular complexity index is 826. The smallest absolute Gasteiger partial charge is 0.246 e. The van der Waals surface area contributed by atoms with E-state index in [1.807, 2.05) is 6.07 Å². The number of para-hydroxylation sites is 1. The van der Waals surface area contributed by atoms with Gasteiger partial charge in [0.1, 0.15) is 0 Å². The monoisotopic (exact) mass is 363 g/mol. The molecular weight excluding hydrogens is 346 g/mol. The maximum atomic E-state index is 13.2. The number of nitrogens with one attached hydrogen (secondary N) is 1. The van der Waals surface area contributed by atoms with Crippen molar-refractivity contribution < 1.29 is 13.2 Å². The van der Waals surface area contributed by atoms with Gasteiger partial charge in [-0.25, -0.2) is 8.42 Å². The highest BCUT2D eigenvalue weighted by Gasteiger charge is 2.52. The van der Waals surface area contributed by atoms with Gasteiger partial charge < -0.3 is 5.32 Å². The van der Waals surface area contributed by atoms with Gasteiger partial charge >= 0.3 is 0 Å². The van der Waals surface area contributed by atoms with E-state index >= 15 is 0 Å². The van der Waals surface area contributed by atoms with E-state index in [0.717, 1.165) is 12.8 Å². The van der Waals surface area contributed by atoms with Crippen molar-refractivity contribution in [3.63, 3.8) is 0 Å². The van der Waals surface area contributed by atoms with Gasteiger partial charge in [-0.2, -0.15) is 0 Å². The second kappa shape index (κ2) is 6.57. The average Bonchev–Trinajstić information content (AvgIpc) is 3.08. The largest absolute Gasteiger partial charge is 0.325 e. The summed E-state index contributed by atoms with van der Waals surface area (Å²) in [5, 5.41) is 3.23. The van der Waals surface area contributed by atoms with Gasteiger partial charge in [0, 0.05) is 10.7 Å². The van der Waals surface area contributed by atoms with Crippen molar-refractivity contribution in [3.8, 4) is 0 Å². The summed E-state index contributed by atoms with van der Waals surface area (Å²) in [5.41, 5.74) is 0.597. The molecule has 0 aliphatic heterocycles. The molecule has 1 aliphatic rings. The van der Waals surface area contributed by atoms with Crippen molar-refractivity contribution in [2.75, 3.05) is 5.32 Å². The molecule has 0 bridgehead atoms. The Morgan fingerprint density at radius 2 is 1.54 bits per heavy atom. The van der Waals surface area contributed by atoms with Crippen molar-refractivity contribution in [2.45, 2.75) is 35.3 Å². The summed E-state index contributed by atoms with van der Waals surface area (Å²) in [6.07, 6.45) is 2.09. The van der Waals surface area contributed by atoms with Gasteiger partial charge in [0.05, 0.1) is 4.90 Å². The van der Waals surface area contributed by atoms with Crippen LogP contribution in [-0.2, 0) is 14.6 Å². The Morgan fingerprint density at radius 3 is 2.12 bits per heavy atom. The molecule has 0 unspecified atom stereocenters. The standard InChI is InChI=1S/C18H18ClNO3S/c19-14-8-10-16(11-9-14)24(22,23)18(12-4-5-13-18)17(21)20-15-6-2-1-3-7-15/h1-3,6-11H,4-5,12-13H2,(H,20,21). The lowest BCUT2D eigenvalue weighted by molar-refractivity contribution is -0.118. The highest BCUT2D eigenvalue weighted by molar-refractivity contribution is 7.93. The lowest BCUT2D eigenvalue weighted by Gasteiger charge is -2.27. The highest BCUT2D eigenvalue weighted by atomic mass is 35.5. The Hall–Kier alpha value is -1.85. The molecule has 6 heteroatoms. The van der Waals surface area contributed by atoms with Gasteiger partial charge in [-0.15, -0.1) is 0 Å². The summed E-state index contributed by atoms with van der Waals surface area (Å²) in [6, 6.07) is 14.9. The van der Waals surface area contributed by atoms with E-state index in [0.29, 0.717) is 23.6 Å². The van der Waals surface area contributed by atoms with E-state index < -0.39 is 20.5 Å². The molecule has 24 heavy (non-hydrogen) atoms. The molecule has 0 heterocycles. The third kappa shape index (κ3) is 2.94. The molecule has 1 aliphatic carbocycles. The van der Waals surface area contributed by atoms with Crippen LogP contribution in [0.4, 0.5) is 5.69 Å². The molecule has 0 radical (unpaired) electrons. The van der Waals surface area contributed by atoms with Gasteiger partial charge in [0.25, 0.3) is 0 Å². The van der Waals surface area contributed by atoms with Crippen LogP contribution in [0.1, 0.15) is 25.7 Å². The SMILES string of the molecule is O=C(Nc1ccccc1)C1(S(=O)(=O)c2ccc(Cl)cc2)CCCC1. The van der Waals surface area contributed by atoms with Gasteiger partial charge in [0.2, 0.25) is 5.91 Å². The predicted octanol–water partition coefficient (Wildman–Crippen LogP) is 4.07. The van der Waals surface area contributed by atoms with E-state index in [9.17, 15) is 13.2 Å². The number of anilines is 1. The minimum Gasteiger partial charge on any atom is -0.325 e. The summed E-state index contributed by atoms with van der Waals surface area (Å²) >= 11 is 5.85. The van der Waals surface area contributed by atoms with Crippen LogP contribution in [0.2, 0.25) is 5.02 Å². The number of halogens is 1. The Kier molecular flexibility index (Phi) is 4.65. The van der Waals surface area contributed by atoms with Crippen LogP contribution < -0.4 is 5.32 Å². The highest BCUT2D eigenvalue weighted by Crippen LogP contribution is 2.41. The maximum absolute atomic E-state index is 13.2. The molecular formula is C18H18ClNO3S. The van der Waals surface area contributed by atoms with Gasteiger partial charge in [-0.05, 0) is 49.2 Å². The first kappa shape index (κ1) is 17.0. The fourth-order valence-corrected chi connectivity index (χ4v) is 5.36. The summed E-state index contributed by atoms with van der Waals surface area (Å²) < 4.78 is 25.0. The Labute approximate surface area is 146 Å². The first-order chi connectivity index (χ1) is 11.5. The van der Waals surface area contributed by atoms with E-state index in [1.165, 1.54) is 24.3 Å². The fraction of sp³-hybridized carbons (Fsp3) is 0.278. The zero-order valence-corrected chi connectivity index (χ0v) is 14.6. The number of carbonyl (C=O) groups is 1. The lowest BCUT2D eigenvalue weighted by Crippen LogP contribution is -2.47. The van der Waals surface area contributed by atoms with Crippen molar-refractivity contribution in [1.82, 2.24) is 0 Å². The van der Waals surface area contributed by atoms with Crippen LogP contribution in [0.3, 0.4) is 0 Å². The first-order valence-electron chi connectivity index (χ1n) is 7.82. The molecule has 4 nitrogen and oxygen atoms in total. The summed E-state index contributed by atoms with van der Waals surface area (Å²) in [7, 11) is -3.81. The van der Waals surface area contributed by atoms with Crippen molar-refractivity contribution >= 4 is 33.0 Å².